The minimum Gasteiger partial charge on any atom is -0.490 e. The summed E-state index contributed by atoms with van der Waals surface area (Å²) in [7, 11) is 0. The van der Waals surface area contributed by atoms with Gasteiger partial charge in [0.1, 0.15) is 5.82 Å². The van der Waals surface area contributed by atoms with Crippen molar-refractivity contribution in [3.63, 3.8) is 0 Å². The Labute approximate surface area is 210 Å². The van der Waals surface area contributed by atoms with E-state index in [1.54, 1.807) is 0 Å². The van der Waals surface area contributed by atoms with E-state index in [1.807, 2.05) is 38.1 Å². The monoisotopic (exact) mass is 491 g/mol. The third kappa shape index (κ3) is 4.98. The molecule has 1 aromatic heterocycles. The molecule has 2 heterocycles. The lowest BCUT2D eigenvalue weighted by Crippen LogP contribution is -2.32. The molecule has 2 aromatic carbocycles. The first kappa shape index (κ1) is 23.6. The van der Waals surface area contributed by atoms with Crippen molar-refractivity contribution in [1.82, 2.24) is 9.97 Å². The molecule has 35 heavy (non-hydrogen) atoms. The quantitative estimate of drug-likeness (QED) is 0.506. The van der Waals surface area contributed by atoms with Gasteiger partial charge < -0.3 is 14.5 Å². The molecule has 0 spiro atoms. The molecule has 0 fully saturated rings. The van der Waals surface area contributed by atoms with Crippen molar-refractivity contribution in [1.29, 1.82) is 0 Å². The van der Waals surface area contributed by atoms with Crippen molar-refractivity contribution in [3.8, 4) is 11.5 Å². The molecule has 0 saturated carbocycles. The number of aromatic nitrogens is 2. The van der Waals surface area contributed by atoms with Crippen molar-refractivity contribution >= 4 is 17.3 Å². The Morgan fingerprint density at radius 1 is 1.06 bits per heavy atom. The van der Waals surface area contributed by atoms with Gasteiger partial charge in [-0.1, -0.05) is 23.7 Å². The Hall–Kier alpha value is -3.12. The van der Waals surface area contributed by atoms with E-state index in [0.29, 0.717) is 36.9 Å². The SMILES string of the molecule is CCOc1cc2c(cc1OCC)C(C1CCc3nc(Cc4ccc(Cl)cc4)[nH]c(=O)c3C1)=NCC2. The molecule has 2 aliphatic rings. The molecule has 1 aliphatic heterocycles. The number of H-pyrrole nitrogens is 1. The van der Waals surface area contributed by atoms with Gasteiger partial charge in [-0.05, 0) is 74.9 Å². The molecule has 1 unspecified atom stereocenters. The van der Waals surface area contributed by atoms with Crippen LogP contribution in [0, 0.1) is 5.92 Å². The Balaban J connectivity index is 1.41. The largest absolute Gasteiger partial charge is 0.490 e. The number of benzene rings is 2. The molecule has 5 rings (SSSR count). The average Bonchev–Trinajstić information content (AvgIpc) is 2.86. The molecule has 0 radical (unpaired) electrons. The van der Waals surface area contributed by atoms with Crippen molar-refractivity contribution < 1.29 is 9.47 Å². The van der Waals surface area contributed by atoms with E-state index in [4.69, 9.17) is 31.1 Å². The smallest absolute Gasteiger partial charge is 0.254 e. The van der Waals surface area contributed by atoms with Gasteiger partial charge in [0.2, 0.25) is 0 Å². The fourth-order valence-electron chi connectivity index (χ4n) is 5.10. The van der Waals surface area contributed by atoms with Crippen LogP contribution in [-0.2, 0) is 25.7 Å². The molecule has 7 heteroatoms. The summed E-state index contributed by atoms with van der Waals surface area (Å²) in [4.78, 5) is 25.8. The fourth-order valence-corrected chi connectivity index (χ4v) is 5.23. The maximum absolute atomic E-state index is 13.1. The molecule has 0 saturated heterocycles. The second-order valence-corrected chi connectivity index (χ2v) is 9.46. The zero-order valence-corrected chi connectivity index (χ0v) is 21.0. The second kappa shape index (κ2) is 10.2. The van der Waals surface area contributed by atoms with Crippen molar-refractivity contribution in [2.24, 2.45) is 10.9 Å². The zero-order chi connectivity index (χ0) is 24.4. The van der Waals surface area contributed by atoms with Crippen molar-refractivity contribution in [2.75, 3.05) is 19.8 Å². The van der Waals surface area contributed by atoms with Crippen LogP contribution in [-0.4, -0.2) is 35.4 Å². The minimum absolute atomic E-state index is 0.0398. The predicted molar refractivity (Wildman–Crippen MR) is 139 cm³/mol. The van der Waals surface area contributed by atoms with Crippen molar-refractivity contribution in [2.45, 2.75) is 46.0 Å². The van der Waals surface area contributed by atoms with Gasteiger partial charge in [0.25, 0.3) is 5.56 Å². The summed E-state index contributed by atoms with van der Waals surface area (Å²) in [5.41, 5.74) is 6.15. The first-order valence-electron chi connectivity index (χ1n) is 12.4. The van der Waals surface area contributed by atoms with Crippen LogP contribution in [0.4, 0.5) is 0 Å². The number of aryl methyl sites for hydroxylation is 1. The summed E-state index contributed by atoms with van der Waals surface area (Å²) in [6.45, 7) is 5.87. The number of nitrogens with zero attached hydrogens (tertiary/aromatic N) is 2. The van der Waals surface area contributed by atoms with Crippen LogP contribution >= 0.6 is 11.6 Å². The topological polar surface area (TPSA) is 76.6 Å². The minimum atomic E-state index is -0.0398. The van der Waals surface area contributed by atoms with Gasteiger partial charge in [-0.15, -0.1) is 0 Å². The van der Waals surface area contributed by atoms with Gasteiger partial charge in [0.15, 0.2) is 11.5 Å². The number of nitrogens with one attached hydrogen (secondary N) is 1. The highest BCUT2D eigenvalue weighted by atomic mass is 35.5. The first-order valence-corrected chi connectivity index (χ1v) is 12.8. The lowest BCUT2D eigenvalue weighted by molar-refractivity contribution is 0.287. The second-order valence-electron chi connectivity index (χ2n) is 9.02. The van der Waals surface area contributed by atoms with Crippen LogP contribution in [0.3, 0.4) is 0 Å². The van der Waals surface area contributed by atoms with Gasteiger partial charge >= 0.3 is 0 Å². The Morgan fingerprint density at radius 3 is 2.54 bits per heavy atom. The molecule has 3 aromatic rings. The number of ether oxygens (including phenoxy) is 2. The molecular weight excluding hydrogens is 462 g/mol. The summed E-state index contributed by atoms with van der Waals surface area (Å²) >= 11 is 5.99. The van der Waals surface area contributed by atoms with Crippen molar-refractivity contribution in [3.05, 3.63) is 85.5 Å². The van der Waals surface area contributed by atoms with Crippen LogP contribution in [0.25, 0.3) is 0 Å². The third-order valence-electron chi connectivity index (χ3n) is 6.71. The lowest BCUT2D eigenvalue weighted by Gasteiger charge is -2.29. The molecule has 0 amide bonds. The van der Waals surface area contributed by atoms with Gasteiger partial charge in [0, 0.05) is 40.7 Å². The Kier molecular flexibility index (Phi) is 6.91. The first-order chi connectivity index (χ1) is 17.1. The van der Waals surface area contributed by atoms with E-state index >= 15 is 0 Å². The fraction of sp³-hybridized carbons (Fsp3) is 0.393. The van der Waals surface area contributed by atoms with E-state index < -0.39 is 0 Å². The summed E-state index contributed by atoms with van der Waals surface area (Å²) in [5.74, 6) is 2.42. The van der Waals surface area contributed by atoms with Gasteiger partial charge in [-0.25, -0.2) is 4.98 Å². The number of aliphatic imine (C=N–C) groups is 1. The molecule has 1 atom stereocenters. The number of halogens is 1. The summed E-state index contributed by atoms with van der Waals surface area (Å²) in [6.07, 6.45) is 3.78. The van der Waals surface area contributed by atoms with E-state index in [-0.39, 0.29) is 11.5 Å². The maximum atomic E-state index is 13.1. The third-order valence-corrected chi connectivity index (χ3v) is 6.96. The highest BCUT2D eigenvalue weighted by molar-refractivity contribution is 6.30. The Bertz CT molecular complexity index is 1310. The van der Waals surface area contributed by atoms with Gasteiger partial charge in [0.05, 0.1) is 18.9 Å². The molecule has 182 valence electrons. The molecular formula is C28H30ClN3O3. The van der Waals surface area contributed by atoms with Crippen LogP contribution < -0.4 is 15.0 Å². The summed E-state index contributed by atoms with van der Waals surface area (Å²) in [6, 6.07) is 11.8. The zero-order valence-electron chi connectivity index (χ0n) is 20.2. The van der Waals surface area contributed by atoms with Crippen LogP contribution in [0.5, 0.6) is 11.5 Å². The molecule has 1 N–H and O–H groups in total. The standard InChI is InChI=1S/C28H30ClN3O3/c1-3-34-24-15-18-11-12-30-27(21(18)16-25(24)35-4-2)19-7-10-23-22(14-19)28(33)32-26(31-23)13-17-5-8-20(29)9-6-17/h5-6,8-9,15-16,19H,3-4,7,10-14H2,1-2H3,(H,31,32,33). The maximum Gasteiger partial charge on any atom is 0.254 e. The van der Waals surface area contributed by atoms with E-state index in [9.17, 15) is 4.79 Å². The van der Waals surface area contributed by atoms with Crippen LogP contribution in [0.2, 0.25) is 5.02 Å². The highest BCUT2D eigenvalue weighted by Crippen LogP contribution is 2.36. The molecule has 6 nitrogen and oxygen atoms in total. The van der Waals surface area contributed by atoms with E-state index in [2.05, 4.69) is 17.1 Å². The number of rotatable bonds is 7. The average molecular weight is 492 g/mol. The number of aromatic amines is 1. The highest BCUT2D eigenvalue weighted by Gasteiger charge is 2.30. The number of hydrogen-bond donors (Lipinski definition) is 1. The molecule has 1 aliphatic carbocycles. The number of fused-ring (bicyclic) bond motifs is 2. The summed E-state index contributed by atoms with van der Waals surface area (Å²) < 4.78 is 11.7. The van der Waals surface area contributed by atoms with Crippen LogP contribution in [0.1, 0.15) is 54.0 Å². The lowest BCUT2D eigenvalue weighted by atomic mass is 9.79. The predicted octanol–water partition coefficient (Wildman–Crippen LogP) is 4.96. The normalized spacial score (nSPS) is 16.8. The van der Waals surface area contributed by atoms with Gasteiger partial charge in [-0.3, -0.25) is 9.79 Å². The number of hydrogen-bond acceptors (Lipinski definition) is 5. The Morgan fingerprint density at radius 2 is 1.80 bits per heavy atom. The molecule has 0 bridgehead atoms. The summed E-state index contributed by atoms with van der Waals surface area (Å²) in [5, 5.41) is 0.696. The van der Waals surface area contributed by atoms with Crippen LogP contribution in [0.15, 0.2) is 46.2 Å². The van der Waals surface area contributed by atoms with E-state index in [1.165, 1.54) is 5.56 Å². The van der Waals surface area contributed by atoms with Gasteiger partial charge in [-0.2, -0.15) is 0 Å². The van der Waals surface area contributed by atoms with E-state index in [0.717, 1.165) is 65.4 Å².